The fraction of sp³-hybridized carbons (Fsp3) is 0.308. The van der Waals surface area contributed by atoms with Crippen LogP contribution in [0.4, 0.5) is 0 Å². The molecule has 0 saturated carbocycles. The molecule has 18 heavy (non-hydrogen) atoms. The largest absolute Gasteiger partial charge is 0.421 e. The van der Waals surface area contributed by atoms with Crippen molar-refractivity contribution in [1.82, 2.24) is 4.57 Å². The molecule has 2 aromatic rings. The van der Waals surface area contributed by atoms with Crippen molar-refractivity contribution in [2.24, 2.45) is 7.05 Å². The van der Waals surface area contributed by atoms with Crippen LogP contribution in [0.25, 0.3) is 10.9 Å². The maximum atomic E-state index is 12.3. The summed E-state index contributed by atoms with van der Waals surface area (Å²) in [4.78, 5) is 24.6. The first-order valence-corrected chi connectivity index (χ1v) is 5.75. The van der Waals surface area contributed by atoms with E-state index in [1.807, 2.05) is 18.2 Å². The van der Waals surface area contributed by atoms with Gasteiger partial charge < -0.3 is 4.57 Å². The summed E-state index contributed by atoms with van der Waals surface area (Å²) in [6, 6.07) is 7.27. The van der Waals surface area contributed by atoms with Crippen LogP contribution < -0.4 is 15.7 Å². The molecule has 1 aliphatic heterocycles. The number of aromatic nitrogens is 2. The van der Waals surface area contributed by atoms with Crippen molar-refractivity contribution >= 4 is 24.4 Å². The first-order chi connectivity index (χ1) is 8.20. The minimum absolute atomic E-state index is 0. The van der Waals surface area contributed by atoms with Gasteiger partial charge in [0.2, 0.25) is 0 Å². The van der Waals surface area contributed by atoms with Crippen LogP contribution in [0.1, 0.15) is 12.1 Å². The highest BCUT2D eigenvalue weighted by atomic mass is 32.1. The highest BCUT2D eigenvalue weighted by Gasteiger charge is 2.27. The fourth-order valence-corrected chi connectivity index (χ4v) is 2.52. The number of para-hydroxylation sites is 1. The highest BCUT2D eigenvalue weighted by Crippen LogP contribution is 2.06. The van der Waals surface area contributed by atoms with Crippen molar-refractivity contribution in [3.63, 3.8) is 0 Å². The summed E-state index contributed by atoms with van der Waals surface area (Å²) in [5.41, 5.74) is 1.23. The molecular formula is C13H15N2O2S+. The predicted molar refractivity (Wildman–Crippen MR) is 74.4 cm³/mol. The van der Waals surface area contributed by atoms with Gasteiger partial charge in [0.1, 0.15) is 5.39 Å². The Morgan fingerprint density at radius 1 is 1.22 bits per heavy atom. The molecule has 3 rings (SSSR count). The molecule has 0 saturated heterocycles. The second kappa shape index (κ2) is 4.57. The summed E-state index contributed by atoms with van der Waals surface area (Å²) in [6.45, 7) is 0.655. The van der Waals surface area contributed by atoms with Crippen LogP contribution >= 0.6 is 13.5 Å². The Kier molecular flexibility index (Phi) is 3.26. The third kappa shape index (κ3) is 1.66. The molecule has 1 aromatic heterocycles. The van der Waals surface area contributed by atoms with Crippen LogP contribution in [0.15, 0.2) is 33.9 Å². The Morgan fingerprint density at radius 3 is 2.72 bits per heavy atom. The van der Waals surface area contributed by atoms with Gasteiger partial charge in [0, 0.05) is 19.9 Å². The van der Waals surface area contributed by atoms with Gasteiger partial charge in [-0.1, -0.05) is 12.1 Å². The van der Waals surface area contributed by atoms with Crippen LogP contribution in [-0.2, 0) is 20.0 Å². The van der Waals surface area contributed by atoms with Gasteiger partial charge in [0.25, 0.3) is 5.69 Å². The maximum absolute atomic E-state index is 12.3. The second-order valence-electron chi connectivity index (χ2n) is 4.39. The van der Waals surface area contributed by atoms with E-state index in [0.29, 0.717) is 29.6 Å². The lowest BCUT2D eigenvalue weighted by molar-refractivity contribution is -0.703. The zero-order chi connectivity index (χ0) is 12.0. The number of hydrogen-bond acceptors (Lipinski definition) is 2. The Bertz CT molecular complexity index is 737. The molecule has 0 N–H and O–H groups in total. The minimum Gasteiger partial charge on any atom is -0.306 e. The van der Waals surface area contributed by atoms with Crippen LogP contribution in [0.3, 0.4) is 0 Å². The molecule has 0 unspecified atom stereocenters. The molecule has 4 nitrogen and oxygen atoms in total. The van der Waals surface area contributed by atoms with E-state index in [4.69, 9.17) is 0 Å². The van der Waals surface area contributed by atoms with Gasteiger partial charge in [-0.05, 0) is 12.1 Å². The predicted octanol–water partition coefficient (Wildman–Crippen LogP) is 0.245. The number of hydrogen-bond donors (Lipinski definition) is 0. The van der Waals surface area contributed by atoms with Crippen molar-refractivity contribution in [3.8, 4) is 0 Å². The summed E-state index contributed by atoms with van der Waals surface area (Å²) in [6.07, 6.45) is 1.58. The van der Waals surface area contributed by atoms with Crippen LogP contribution in [0.2, 0.25) is 0 Å². The first-order valence-electron chi connectivity index (χ1n) is 5.75. The Labute approximate surface area is 111 Å². The summed E-state index contributed by atoms with van der Waals surface area (Å²) in [5, 5.41) is 0.611. The van der Waals surface area contributed by atoms with E-state index >= 15 is 0 Å². The minimum atomic E-state index is -0.0548. The SMILES string of the molecule is Cn1c(=O)c2[n+](c(=O)c3ccccc31)CCC2.S. The third-order valence-electron chi connectivity index (χ3n) is 3.41. The Hall–Kier alpha value is -1.62. The molecule has 0 fully saturated rings. The molecule has 0 atom stereocenters. The number of nitrogens with zero attached hydrogens (tertiary/aromatic N) is 2. The second-order valence-corrected chi connectivity index (χ2v) is 4.39. The van der Waals surface area contributed by atoms with E-state index in [0.717, 1.165) is 6.42 Å². The number of fused-ring (bicyclic) bond motifs is 2. The van der Waals surface area contributed by atoms with E-state index in [1.165, 1.54) is 0 Å². The monoisotopic (exact) mass is 263 g/mol. The number of rotatable bonds is 0. The van der Waals surface area contributed by atoms with Crippen molar-refractivity contribution in [1.29, 1.82) is 0 Å². The molecule has 5 heteroatoms. The lowest BCUT2D eigenvalue weighted by Gasteiger charge is -1.95. The fourth-order valence-electron chi connectivity index (χ4n) is 2.52. The van der Waals surface area contributed by atoms with Gasteiger partial charge in [0.05, 0.1) is 5.52 Å². The molecule has 1 aromatic carbocycles. The molecule has 0 aliphatic carbocycles. The maximum Gasteiger partial charge on any atom is 0.421 e. The van der Waals surface area contributed by atoms with E-state index in [1.54, 1.807) is 22.2 Å². The standard InChI is InChI=1S/C13H13N2O2.H2S/c1-14-10-6-3-2-5-9(10)12(16)15-8-4-7-11(15)13(14)17;/h2-3,5-6H,4,7-8H2,1H3;1H2/q+1;. The quantitative estimate of drug-likeness (QED) is 0.639. The average Bonchev–Trinajstić information content (AvgIpc) is 2.82. The first kappa shape index (κ1) is 12.8. The zero-order valence-corrected chi connectivity index (χ0v) is 11.1. The van der Waals surface area contributed by atoms with E-state index in [2.05, 4.69) is 0 Å². The molecule has 0 radical (unpaired) electrons. The van der Waals surface area contributed by atoms with Gasteiger partial charge in [-0.3, -0.25) is 4.79 Å². The van der Waals surface area contributed by atoms with Gasteiger partial charge in [0.15, 0.2) is 6.54 Å². The van der Waals surface area contributed by atoms with Gasteiger partial charge in [-0.25, -0.2) is 4.79 Å². The number of aryl methyl sites for hydroxylation is 1. The molecule has 0 bridgehead atoms. The topological polar surface area (TPSA) is 43.0 Å². The van der Waals surface area contributed by atoms with Crippen LogP contribution in [0, 0.1) is 0 Å². The third-order valence-corrected chi connectivity index (χ3v) is 3.41. The molecule has 0 amide bonds. The average molecular weight is 263 g/mol. The molecule has 1 aliphatic rings. The smallest absolute Gasteiger partial charge is 0.306 e. The van der Waals surface area contributed by atoms with Crippen molar-refractivity contribution in [3.05, 3.63) is 50.7 Å². The van der Waals surface area contributed by atoms with Gasteiger partial charge in [-0.2, -0.15) is 18.1 Å². The molecule has 2 heterocycles. The van der Waals surface area contributed by atoms with Crippen molar-refractivity contribution in [2.75, 3.05) is 0 Å². The van der Waals surface area contributed by atoms with Gasteiger partial charge in [-0.15, -0.1) is 0 Å². The van der Waals surface area contributed by atoms with E-state index in [-0.39, 0.29) is 24.6 Å². The molecule has 94 valence electrons. The summed E-state index contributed by atoms with van der Waals surface area (Å²) >= 11 is 0. The Balaban J connectivity index is 0.00000120. The summed E-state index contributed by atoms with van der Waals surface area (Å²) in [5.74, 6) is 0. The zero-order valence-electron chi connectivity index (χ0n) is 10.1. The summed E-state index contributed by atoms with van der Waals surface area (Å²) in [7, 11) is 1.73. The lowest BCUT2D eigenvalue weighted by atomic mass is 10.2. The van der Waals surface area contributed by atoms with E-state index < -0.39 is 0 Å². The number of benzene rings is 1. The Morgan fingerprint density at radius 2 is 1.94 bits per heavy atom. The van der Waals surface area contributed by atoms with Crippen LogP contribution in [0.5, 0.6) is 0 Å². The van der Waals surface area contributed by atoms with Crippen molar-refractivity contribution < 1.29 is 4.57 Å². The van der Waals surface area contributed by atoms with Crippen molar-refractivity contribution in [2.45, 2.75) is 19.4 Å². The highest BCUT2D eigenvalue weighted by molar-refractivity contribution is 7.59. The normalized spacial score (nSPS) is 13.2. The van der Waals surface area contributed by atoms with Gasteiger partial charge >= 0.3 is 11.1 Å². The van der Waals surface area contributed by atoms with Crippen LogP contribution in [-0.4, -0.2) is 4.57 Å². The molecule has 0 spiro atoms. The van der Waals surface area contributed by atoms with E-state index in [9.17, 15) is 9.59 Å². The summed E-state index contributed by atoms with van der Waals surface area (Å²) < 4.78 is 3.21. The lowest BCUT2D eigenvalue weighted by Crippen LogP contribution is -2.50. The molecular weight excluding hydrogens is 248 g/mol.